The summed E-state index contributed by atoms with van der Waals surface area (Å²) in [5.41, 5.74) is 12.9. The molecule has 0 amide bonds. The summed E-state index contributed by atoms with van der Waals surface area (Å²) >= 11 is 2.41. The molecule has 7 aromatic rings. The molecular formula is C48H40IN5. The number of para-hydroxylation sites is 4. The largest absolute Gasteiger partial charge is 0.315 e. The summed E-state index contributed by atoms with van der Waals surface area (Å²) in [6, 6.07) is 68.3. The Hall–Kier alpha value is -5.99. The molecule has 54 heavy (non-hydrogen) atoms. The molecule has 1 heterocycles. The average Bonchev–Trinajstić information content (AvgIpc) is 3.69. The Kier molecular flexibility index (Phi) is 10.6. The maximum absolute atomic E-state index is 4.92. The molecule has 0 saturated heterocycles. The zero-order valence-corrected chi connectivity index (χ0v) is 32.2. The van der Waals surface area contributed by atoms with Crippen LogP contribution < -0.4 is 12.9 Å². The third-order valence-electron chi connectivity index (χ3n) is 9.64. The topological polar surface area (TPSA) is 34.4 Å². The summed E-state index contributed by atoms with van der Waals surface area (Å²) in [6.45, 7) is 3.20. The minimum Gasteiger partial charge on any atom is -0.315 e. The highest BCUT2D eigenvalue weighted by atomic mass is 127. The van der Waals surface area contributed by atoms with Gasteiger partial charge in [0, 0.05) is 46.4 Å². The third-order valence-corrected chi connectivity index (χ3v) is 10.7. The van der Waals surface area contributed by atoms with Crippen molar-refractivity contribution in [2.24, 2.45) is 10.2 Å². The Morgan fingerprint density at radius 2 is 0.722 bits per heavy atom. The fourth-order valence-electron chi connectivity index (χ4n) is 7.04. The van der Waals surface area contributed by atoms with Crippen molar-refractivity contribution in [1.82, 2.24) is 0 Å². The standard InChI is InChI=1S/C48H40IN5/c1-2-35-52(49)39-29-23-36(24-30-39)46-47(37-25-31-44(32-26-37)53(40-15-7-3-8-16-40)41-17-9-4-10-18-41)50-51-48(46)38-27-33-45(34-28-38)54(42-19-11-5-12-20-42)43-21-13-6-14-22-43/h3-34,46H,2,35H2,1H3. The Bertz CT molecular complexity index is 2110. The predicted octanol–water partition coefficient (Wildman–Crippen LogP) is 13.2. The van der Waals surface area contributed by atoms with Crippen molar-refractivity contribution in [3.05, 3.63) is 211 Å². The van der Waals surface area contributed by atoms with Crippen LogP contribution in [0.25, 0.3) is 0 Å². The Balaban J connectivity index is 1.14. The van der Waals surface area contributed by atoms with Crippen molar-refractivity contribution >= 4 is 74.1 Å². The third kappa shape index (κ3) is 7.43. The molecule has 0 aromatic heterocycles. The number of nitrogens with zero attached hydrogens (tertiary/aromatic N) is 5. The fraction of sp³-hybridized carbons (Fsp3) is 0.0833. The van der Waals surface area contributed by atoms with Gasteiger partial charge < -0.3 is 12.9 Å². The number of hydrogen-bond acceptors (Lipinski definition) is 5. The highest BCUT2D eigenvalue weighted by Crippen LogP contribution is 2.38. The molecule has 5 nitrogen and oxygen atoms in total. The molecule has 0 N–H and O–H groups in total. The Morgan fingerprint density at radius 1 is 0.407 bits per heavy atom. The second-order valence-corrected chi connectivity index (χ2v) is 14.4. The fourth-order valence-corrected chi connectivity index (χ4v) is 7.84. The molecule has 0 saturated carbocycles. The molecule has 264 valence electrons. The second-order valence-electron chi connectivity index (χ2n) is 13.2. The van der Waals surface area contributed by atoms with Crippen LogP contribution in [0, 0.1) is 0 Å². The van der Waals surface area contributed by atoms with Crippen LogP contribution in [-0.4, -0.2) is 18.0 Å². The smallest absolute Gasteiger partial charge is 0.0838 e. The van der Waals surface area contributed by atoms with E-state index in [1.807, 2.05) is 0 Å². The zero-order valence-electron chi connectivity index (χ0n) is 30.1. The van der Waals surface area contributed by atoms with Crippen molar-refractivity contribution in [2.45, 2.75) is 19.3 Å². The molecule has 7 aromatic carbocycles. The summed E-state index contributed by atoms with van der Waals surface area (Å²) in [6.07, 6.45) is 1.09. The maximum atomic E-state index is 4.92. The van der Waals surface area contributed by atoms with Gasteiger partial charge in [0.1, 0.15) is 0 Å². The van der Waals surface area contributed by atoms with E-state index < -0.39 is 0 Å². The number of hydrogen-bond donors (Lipinski definition) is 0. The molecule has 0 atom stereocenters. The lowest BCUT2D eigenvalue weighted by Gasteiger charge is -2.26. The Labute approximate surface area is 332 Å². The van der Waals surface area contributed by atoms with Gasteiger partial charge >= 0.3 is 0 Å². The molecule has 0 aliphatic carbocycles. The predicted molar refractivity (Wildman–Crippen MR) is 236 cm³/mol. The minimum atomic E-state index is -0.136. The second kappa shape index (κ2) is 16.4. The van der Waals surface area contributed by atoms with Crippen LogP contribution in [0.5, 0.6) is 0 Å². The van der Waals surface area contributed by atoms with E-state index in [1.54, 1.807) is 0 Å². The zero-order chi connectivity index (χ0) is 36.7. The molecular weight excluding hydrogens is 773 g/mol. The van der Waals surface area contributed by atoms with E-state index in [2.05, 4.69) is 237 Å². The van der Waals surface area contributed by atoms with Crippen LogP contribution in [0.4, 0.5) is 39.8 Å². The van der Waals surface area contributed by atoms with Gasteiger partial charge in [-0.25, -0.2) is 0 Å². The average molecular weight is 814 g/mol. The van der Waals surface area contributed by atoms with Crippen LogP contribution in [-0.2, 0) is 0 Å². The van der Waals surface area contributed by atoms with Gasteiger partial charge in [-0.1, -0.05) is 116 Å². The van der Waals surface area contributed by atoms with Gasteiger partial charge in [-0.2, -0.15) is 10.2 Å². The van der Waals surface area contributed by atoms with E-state index in [1.165, 1.54) is 5.69 Å². The highest BCUT2D eigenvalue weighted by molar-refractivity contribution is 14.1. The Morgan fingerprint density at radius 3 is 1.06 bits per heavy atom. The number of anilines is 7. The van der Waals surface area contributed by atoms with Crippen molar-refractivity contribution in [3.8, 4) is 0 Å². The SMILES string of the molecule is CCCN(I)c1ccc(C2C(c3ccc(N(c4ccccc4)c4ccccc4)cc3)=NN=C2c2ccc(N(c3ccccc3)c3ccccc3)cc2)cc1. The molecule has 0 bridgehead atoms. The van der Waals surface area contributed by atoms with Gasteiger partial charge in [-0.3, -0.25) is 0 Å². The first-order valence-electron chi connectivity index (χ1n) is 18.4. The molecule has 0 radical (unpaired) electrons. The minimum absolute atomic E-state index is 0.136. The maximum Gasteiger partial charge on any atom is 0.0838 e. The molecule has 0 spiro atoms. The van der Waals surface area contributed by atoms with Gasteiger partial charge in [0.2, 0.25) is 0 Å². The number of halogens is 1. The van der Waals surface area contributed by atoms with Crippen molar-refractivity contribution in [3.63, 3.8) is 0 Å². The van der Waals surface area contributed by atoms with Crippen LogP contribution in [0.3, 0.4) is 0 Å². The summed E-state index contributed by atoms with van der Waals surface area (Å²) in [5, 5.41) is 9.84. The number of rotatable bonds is 12. The lowest BCUT2D eigenvalue weighted by atomic mass is 9.84. The van der Waals surface area contributed by atoms with Crippen LogP contribution >= 0.6 is 22.9 Å². The van der Waals surface area contributed by atoms with E-state index in [-0.39, 0.29) is 5.92 Å². The van der Waals surface area contributed by atoms with Crippen LogP contribution in [0.2, 0.25) is 0 Å². The summed E-state index contributed by atoms with van der Waals surface area (Å²) in [7, 11) is 0. The first-order valence-corrected chi connectivity index (χ1v) is 19.3. The van der Waals surface area contributed by atoms with Crippen molar-refractivity contribution < 1.29 is 0 Å². The summed E-state index contributed by atoms with van der Waals surface area (Å²) in [4.78, 5) is 4.56. The van der Waals surface area contributed by atoms with Crippen LogP contribution in [0.15, 0.2) is 204 Å². The first-order chi connectivity index (χ1) is 26.7. The monoisotopic (exact) mass is 813 g/mol. The summed E-state index contributed by atoms with van der Waals surface area (Å²) < 4.78 is 2.27. The van der Waals surface area contributed by atoms with Crippen molar-refractivity contribution in [1.29, 1.82) is 0 Å². The lowest BCUT2D eigenvalue weighted by Crippen LogP contribution is -2.20. The number of benzene rings is 7. The van der Waals surface area contributed by atoms with Crippen molar-refractivity contribution in [2.75, 3.05) is 19.5 Å². The van der Waals surface area contributed by atoms with Gasteiger partial charge in [-0.15, -0.1) is 0 Å². The molecule has 0 fully saturated rings. The van der Waals surface area contributed by atoms with E-state index in [4.69, 9.17) is 10.2 Å². The van der Waals surface area contributed by atoms with Gasteiger partial charge in [0.05, 0.1) is 40.2 Å². The molecule has 1 aliphatic heterocycles. The highest BCUT2D eigenvalue weighted by Gasteiger charge is 2.31. The summed E-state index contributed by atoms with van der Waals surface area (Å²) in [5.74, 6) is -0.136. The molecule has 0 unspecified atom stereocenters. The van der Waals surface area contributed by atoms with E-state index in [9.17, 15) is 0 Å². The molecule has 8 rings (SSSR count). The van der Waals surface area contributed by atoms with Gasteiger partial charge in [-0.05, 0) is 108 Å². The lowest BCUT2D eigenvalue weighted by molar-refractivity contribution is 0.945. The quantitative estimate of drug-likeness (QED) is 0.0910. The van der Waals surface area contributed by atoms with Gasteiger partial charge in [0.25, 0.3) is 0 Å². The van der Waals surface area contributed by atoms with Gasteiger partial charge in [0.15, 0.2) is 0 Å². The van der Waals surface area contributed by atoms with E-state index in [0.29, 0.717) is 0 Å². The van der Waals surface area contributed by atoms with Crippen LogP contribution in [0.1, 0.15) is 36.0 Å². The first kappa shape index (κ1) is 35.1. The van der Waals surface area contributed by atoms with E-state index >= 15 is 0 Å². The van der Waals surface area contributed by atoms with E-state index in [0.717, 1.165) is 75.2 Å². The molecule has 1 aliphatic rings. The molecule has 6 heteroatoms. The normalized spacial score (nSPS) is 12.6.